The van der Waals surface area contributed by atoms with Crippen LogP contribution in [0.4, 0.5) is 5.69 Å². The lowest BCUT2D eigenvalue weighted by Crippen LogP contribution is -2.48. The van der Waals surface area contributed by atoms with Crippen molar-refractivity contribution in [1.82, 2.24) is 14.8 Å². The van der Waals surface area contributed by atoms with Gasteiger partial charge in [-0.3, -0.25) is 19.4 Å². The van der Waals surface area contributed by atoms with Gasteiger partial charge in [0.1, 0.15) is 12.4 Å². The first-order chi connectivity index (χ1) is 17.2. The monoisotopic (exact) mass is 496 g/mol. The van der Waals surface area contributed by atoms with Gasteiger partial charge in [0.05, 0.1) is 23.3 Å². The fourth-order valence-electron chi connectivity index (χ4n) is 4.24. The van der Waals surface area contributed by atoms with Crippen LogP contribution in [-0.2, 0) is 9.53 Å². The Labute approximate surface area is 212 Å². The zero-order valence-electron chi connectivity index (χ0n) is 21.7. The number of fused-ring (bicyclic) bond motifs is 1. The zero-order valence-corrected chi connectivity index (χ0v) is 21.7. The molecule has 194 valence electrons. The van der Waals surface area contributed by atoms with Crippen LogP contribution in [0.5, 0.6) is 5.75 Å². The summed E-state index contributed by atoms with van der Waals surface area (Å²) < 4.78 is 11.9. The van der Waals surface area contributed by atoms with E-state index in [9.17, 15) is 14.4 Å². The lowest BCUT2D eigenvalue weighted by molar-refractivity contribution is -0.116. The van der Waals surface area contributed by atoms with Crippen LogP contribution in [0.3, 0.4) is 0 Å². The van der Waals surface area contributed by atoms with Crippen molar-refractivity contribution in [3.8, 4) is 5.75 Å². The number of benzene rings is 1. The number of nitrogens with one attached hydrogen (secondary N) is 1. The molecule has 1 aliphatic rings. The molecule has 9 nitrogen and oxygen atoms in total. The molecule has 2 heterocycles. The van der Waals surface area contributed by atoms with Crippen LogP contribution in [0, 0.1) is 5.92 Å². The number of ether oxygens (including phenoxy) is 2. The van der Waals surface area contributed by atoms with Gasteiger partial charge >= 0.3 is 0 Å². The highest BCUT2D eigenvalue weighted by molar-refractivity contribution is 5.99. The van der Waals surface area contributed by atoms with E-state index in [1.165, 1.54) is 0 Å². The van der Waals surface area contributed by atoms with Crippen LogP contribution in [0.25, 0.3) is 0 Å². The topological polar surface area (TPSA) is 101 Å². The van der Waals surface area contributed by atoms with Gasteiger partial charge in [0, 0.05) is 57.7 Å². The molecule has 2 aromatic rings. The summed E-state index contributed by atoms with van der Waals surface area (Å²) in [6.45, 7) is 6.79. The minimum Gasteiger partial charge on any atom is -0.491 e. The lowest BCUT2D eigenvalue weighted by Gasteiger charge is -2.36. The van der Waals surface area contributed by atoms with Crippen molar-refractivity contribution in [2.24, 2.45) is 5.92 Å². The molecule has 0 unspecified atom stereocenters. The molecule has 0 saturated carbocycles. The van der Waals surface area contributed by atoms with Gasteiger partial charge in [-0.15, -0.1) is 0 Å². The zero-order chi connectivity index (χ0) is 26.2. The standard InChI is InChI=1S/C27H36N4O5/c1-6-8-25(32)29-21-10-11-23-22(13-21)27(34)30(4)16-24(35-5)18(2)15-31(19(3)17-36-23)26(33)20-9-7-12-28-14-20/h7,9-14,18-19,24H,6,8,15-17H2,1-5H3,(H,29,32)/t18-,19-,24-/m0/s1. The fourth-order valence-corrected chi connectivity index (χ4v) is 4.24. The Morgan fingerprint density at radius 3 is 2.67 bits per heavy atom. The number of carbonyl (C=O) groups excluding carboxylic acids is 3. The Bertz CT molecular complexity index is 1060. The molecule has 1 aromatic heterocycles. The van der Waals surface area contributed by atoms with Crippen LogP contribution in [0.15, 0.2) is 42.7 Å². The fraction of sp³-hybridized carbons (Fsp3) is 0.481. The minimum atomic E-state index is -0.299. The van der Waals surface area contributed by atoms with Gasteiger partial charge in [0.25, 0.3) is 11.8 Å². The van der Waals surface area contributed by atoms with Crippen LogP contribution in [-0.4, -0.2) is 78.5 Å². The first-order valence-corrected chi connectivity index (χ1v) is 12.3. The second-order valence-electron chi connectivity index (χ2n) is 9.31. The van der Waals surface area contributed by atoms with Crippen molar-refractivity contribution in [3.05, 3.63) is 53.9 Å². The number of carbonyl (C=O) groups is 3. The molecule has 36 heavy (non-hydrogen) atoms. The van der Waals surface area contributed by atoms with Crippen molar-refractivity contribution in [1.29, 1.82) is 0 Å². The van der Waals surface area contributed by atoms with E-state index >= 15 is 0 Å². The largest absolute Gasteiger partial charge is 0.491 e. The smallest absolute Gasteiger partial charge is 0.257 e. The normalized spacial score (nSPS) is 21.0. The van der Waals surface area contributed by atoms with E-state index in [4.69, 9.17) is 9.47 Å². The SMILES string of the molecule is CCCC(=O)Nc1ccc2c(c1)C(=O)N(C)C[C@H](OC)[C@@H](C)CN(C(=O)c1cccnc1)[C@@H](C)CO2. The molecule has 0 radical (unpaired) electrons. The van der Waals surface area contributed by atoms with E-state index in [2.05, 4.69) is 10.3 Å². The van der Waals surface area contributed by atoms with Crippen molar-refractivity contribution >= 4 is 23.4 Å². The number of hydrogen-bond acceptors (Lipinski definition) is 6. The highest BCUT2D eigenvalue weighted by atomic mass is 16.5. The van der Waals surface area contributed by atoms with Crippen LogP contribution >= 0.6 is 0 Å². The number of aromatic nitrogens is 1. The Morgan fingerprint density at radius 1 is 1.22 bits per heavy atom. The summed E-state index contributed by atoms with van der Waals surface area (Å²) in [6.07, 6.45) is 4.01. The quantitative estimate of drug-likeness (QED) is 0.680. The van der Waals surface area contributed by atoms with Gasteiger partial charge in [-0.1, -0.05) is 13.8 Å². The van der Waals surface area contributed by atoms with E-state index in [0.29, 0.717) is 42.1 Å². The van der Waals surface area contributed by atoms with Crippen molar-refractivity contribution in [3.63, 3.8) is 0 Å². The Morgan fingerprint density at radius 2 is 2.00 bits per heavy atom. The molecular formula is C27H36N4O5. The predicted molar refractivity (Wildman–Crippen MR) is 137 cm³/mol. The van der Waals surface area contributed by atoms with E-state index in [1.807, 2.05) is 20.8 Å². The molecule has 1 aromatic carbocycles. The summed E-state index contributed by atoms with van der Waals surface area (Å²) in [5.74, 6) is -0.159. The van der Waals surface area contributed by atoms with Gasteiger partial charge in [-0.25, -0.2) is 0 Å². The molecule has 0 saturated heterocycles. The first-order valence-electron chi connectivity index (χ1n) is 12.3. The predicted octanol–water partition coefficient (Wildman–Crippen LogP) is 3.47. The van der Waals surface area contributed by atoms with Gasteiger partial charge in [-0.05, 0) is 43.7 Å². The van der Waals surface area contributed by atoms with E-state index in [-0.39, 0.29) is 42.4 Å². The maximum Gasteiger partial charge on any atom is 0.257 e. The molecule has 9 heteroatoms. The molecule has 3 rings (SSSR count). The molecule has 0 aliphatic carbocycles. The van der Waals surface area contributed by atoms with Crippen LogP contribution in [0.1, 0.15) is 54.3 Å². The molecule has 0 spiro atoms. The number of amides is 3. The molecule has 3 atom stereocenters. The van der Waals surface area contributed by atoms with Gasteiger partial charge < -0.3 is 24.6 Å². The lowest BCUT2D eigenvalue weighted by atomic mass is 10.0. The molecule has 0 fully saturated rings. The Kier molecular flexibility index (Phi) is 9.41. The minimum absolute atomic E-state index is 0.0631. The number of pyridine rings is 1. The number of hydrogen-bond donors (Lipinski definition) is 1. The van der Waals surface area contributed by atoms with E-state index in [0.717, 1.165) is 6.42 Å². The maximum atomic E-state index is 13.4. The van der Waals surface area contributed by atoms with Crippen LogP contribution < -0.4 is 10.1 Å². The number of likely N-dealkylation sites (N-methyl/N-ethyl adjacent to an activating group) is 1. The summed E-state index contributed by atoms with van der Waals surface area (Å²) in [4.78, 5) is 46.4. The first kappa shape index (κ1) is 27.1. The molecule has 0 bridgehead atoms. The average molecular weight is 497 g/mol. The Balaban J connectivity index is 1.96. The highest BCUT2D eigenvalue weighted by Gasteiger charge is 2.31. The van der Waals surface area contributed by atoms with Gasteiger partial charge in [0.2, 0.25) is 5.91 Å². The highest BCUT2D eigenvalue weighted by Crippen LogP contribution is 2.27. The third-order valence-electron chi connectivity index (χ3n) is 6.37. The molecule has 3 amide bonds. The number of methoxy groups -OCH3 is 1. The number of nitrogens with zero attached hydrogens (tertiary/aromatic N) is 3. The molecular weight excluding hydrogens is 460 g/mol. The van der Waals surface area contributed by atoms with Gasteiger partial charge in [0.15, 0.2) is 0 Å². The van der Waals surface area contributed by atoms with Crippen molar-refractivity contribution in [2.75, 3.05) is 39.2 Å². The van der Waals surface area contributed by atoms with E-state index < -0.39 is 0 Å². The average Bonchev–Trinajstić information content (AvgIpc) is 2.88. The summed E-state index contributed by atoms with van der Waals surface area (Å²) in [6, 6.07) is 8.23. The summed E-state index contributed by atoms with van der Waals surface area (Å²) >= 11 is 0. The summed E-state index contributed by atoms with van der Waals surface area (Å²) in [5.41, 5.74) is 1.37. The maximum absolute atomic E-state index is 13.4. The second kappa shape index (κ2) is 12.5. The summed E-state index contributed by atoms with van der Waals surface area (Å²) in [5, 5.41) is 2.84. The number of anilines is 1. The molecule has 1 aliphatic heterocycles. The molecule has 1 N–H and O–H groups in total. The van der Waals surface area contributed by atoms with E-state index in [1.54, 1.807) is 66.7 Å². The van der Waals surface area contributed by atoms with Crippen molar-refractivity contribution in [2.45, 2.75) is 45.8 Å². The number of rotatable bonds is 5. The van der Waals surface area contributed by atoms with Gasteiger partial charge in [-0.2, -0.15) is 0 Å². The second-order valence-corrected chi connectivity index (χ2v) is 9.31. The third kappa shape index (κ3) is 6.60. The Hall–Kier alpha value is -3.46. The van der Waals surface area contributed by atoms with Crippen LogP contribution in [0.2, 0.25) is 0 Å². The third-order valence-corrected chi connectivity index (χ3v) is 6.37. The van der Waals surface area contributed by atoms with Crippen molar-refractivity contribution < 1.29 is 23.9 Å². The summed E-state index contributed by atoms with van der Waals surface area (Å²) in [7, 11) is 3.32.